The van der Waals surface area contributed by atoms with Crippen LogP contribution < -0.4 is 0 Å². The summed E-state index contributed by atoms with van der Waals surface area (Å²) in [4.78, 5) is 11.1. The summed E-state index contributed by atoms with van der Waals surface area (Å²) in [5, 5.41) is 9.08. The number of hydrogen-bond donors (Lipinski definition) is 1. The third-order valence-corrected chi connectivity index (χ3v) is 5.27. The molecule has 0 aliphatic heterocycles. The molecule has 0 aromatic rings. The lowest BCUT2D eigenvalue weighted by Crippen LogP contribution is -2.22. The minimum atomic E-state index is -3.51. The Morgan fingerprint density at radius 1 is 1.11 bits per heavy atom. The minimum Gasteiger partial charge on any atom is -0.481 e. The minimum absolute atomic E-state index is 0.334. The van der Waals surface area contributed by atoms with Crippen molar-refractivity contribution in [3.63, 3.8) is 0 Å². The zero-order valence-corrected chi connectivity index (χ0v) is 12.4. The standard InChI is InChI=1S/C12H25O5P/c1-4-5-6-7-8-9-10-11(12(13)14)18(15,16-2)17-3/h11H,4-10H2,1-3H3,(H,13,14). The van der Waals surface area contributed by atoms with Gasteiger partial charge in [-0.15, -0.1) is 0 Å². The molecule has 0 aliphatic rings. The van der Waals surface area contributed by atoms with Crippen LogP contribution in [0.4, 0.5) is 0 Å². The SMILES string of the molecule is CCCCCCCCC(C(=O)O)P(=O)(OC)OC. The van der Waals surface area contributed by atoms with E-state index in [1.54, 1.807) is 0 Å². The third kappa shape index (κ3) is 5.98. The molecule has 0 aliphatic carbocycles. The number of hydrogen-bond acceptors (Lipinski definition) is 4. The van der Waals surface area contributed by atoms with Gasteiger partial charge in [0.15, 0.2) is 5.66 Å². The highest BCUT2D eigenvalue weighted by Gasteiger charge is 2.39. The van der Waals surface area contributed by atoms with Crippen LogP contribution in [0.25, 0.3) is 0 Å². The van der Waals surface area contributed by atoms with Crippen LogP contribution in [0, 0.1) is 0 Å². The summed E-state index contributed by atoms with van der Waals surface area (Å²) in [5.74, 6) is -1.12. The largest absolute Gasteiger partial charge is 0.481 e. The topological polar surface area (TPSA) is 72.8 Å². The molecule has 0 heterocycles. The number of rotatable bonds is 11. The van der Waals surface area contributed by atoms with Gasteiger partial charge in [-0.3, -0.25) is 9.36 Å². The molecule has 1 atom stereocenters. The van der Waals surface area contributed by atoms with Crippen LogP contribution >= 0.6 is 7.60 Å². The van der Waals surface area contributed by atoms with Crippen molar-refractivity contribution in [2.75, 3.05) is 14.2 Å². The molecule has 108 valence electrons. The lowest BCUT2D eigenvalue weighted by Gasteiger charge is -2.20. The van der Waals surface area contributed by atoms with Gasteiger partial charge < -0.3 is 14.2 Å². The van der Waals surface area contributed by atoms with E-state index in [9.17, 15) is 9.36 Å². The first kappa shape index (κ1) is 17.6. The Morgan fingerprint density at radius 2 is 1.61 bits per heavy atom. The molecule has 18 heavy (non-hydrogen) atoms. The zero-order valence-electron chi connectivity index (χ0n) is 11.6. The lowest BCUT2D eigenvalue weighted by molar-refractivity contribution is -0.137. The highest BCUT2D eigenvalue weighted by molar-refractivity contribution is 7.55. The smallest absolute Gasteiger partial charge is 0.344 e. The van der Waals surface area contributed by atoms with E-state index in [1.165, 1.54) is 33.5 Å². The summed E-state index contributed by atoms with van der Waals surface area (Å²) in [7, 11) is -1.06. The molecule has 6 heteroatoms. The Kier molecular flexibility index (Phi) is 9.34. The Hall–Kier alpha value is -0.380. The molecule has 1 N–H and O–H groups in total. The Bertz CT molecular complexity index is 272. The van der Waals surface area contributed by atoms with E-state index in [1.807, 2.05) is 0 Å². The average molecular weight is 280 g/mol. The summed E-state index contributed by atoms with van der Waals surface area (Å²) in [6.45, 7) is 2.15. The van der Waals surface area contributed by atoms with Gasteiger partial charge in [-0.2, -0.15) is 0 Å². The maximum absolute atomic E-state index is 12.0. The maximum atomic E-state index is 12.0. The van der Waals surface area contributed by atoms with Crippen molar-refractivity contribution in [2.24, 2.45) is 0 Å². The molecule has 0 rings (SSSR count). The van der Waals surface area contributed by atoms with E-state index in [-0.39, 0.29) is 0 Å². The van der Waals surface area contributed by atoms with Crippen LogP contribution in [-0.4, -0.2) is 31.0 Å². The summed E-state index contributed by atoms with van der Waals surface area (Å²) in [6, 6.07) is 0. The Balaban J connectivity index is 4.14. The molecule has 0 amide bonds. The molecule has 0 aromatic heterocycles. The van der Waals surface area contributed by atoms with Gasteiger partial charge in [0.2, 0.25) is 0 Å². The van der Waals surface area contributed by atoms with E-state index in [2.05, 4.69) is 6.92 Å². The molecule has 0 bridgehead atoms. The Morgan fingerprint density at radius 3 is 2.06 bits per heavy atom. The molecular formula is C12H25O5P. The molecule has 0 radical (unpaired) electrons. The van der Waals surface area contributed by atoms with Gasteiger partial charge in [0.1, 0.15) is 0 Å². The van der Waals surface area contributed by atoms with Gasteiger partial charge in [0.25, 0.3) is 0 Å². The van der Waals surface area contributed by atoms with Gasteiger partial charge in [0, 0.05) is 14.2 Å². The maximum Gasteiger partial charge on any atom is 0.344 e. The number of carboxylic acids is 1. The highest BCUT2D eigenvalue weighted by atomic mass is 31.2. The molecule has 0 spiro atoms. The predicted molar refractivity (Wildman–Crippen MR) is 71.0 cm³/mol. The molecule has 5 nitrogen and oxygen atoms in total. The molecule has 0 aromatic carbocycles. The summed E-state index contributed by atoms with van der Waals surface area (Å²) in [6.07, 6.45) is 6.66. The van der Waals surface area contributed by atoms with Crippen molar-refractivity contribution in [3.8, 4) is 0 Å². The van der Waals surface area contributed by atoms with Crippen LogP contribution in [0.2, 0.25) is 0 Å². The van der Waals surface area contributed by atoms with Crippen molar-refractivity contribution in [1.82, 2.24) is 0 Å². The van der Waals surface area contributed by atoms with Gasteiger partial charge in [-0.05, 0) is 6.42 Å². The monoisotopic (exact) mass is 280 g/mol. The highest BCUT2D eigenvalue weighted by Crippen LogP contribution is 2.53. The van der Waals surface area contributed by atoms with Gasteiger partial charge in [-0.25, -0.2) is 0 Å². The number of carbonyl (C=O) groups is 1. The number of aliphatic carboxylic acids is 1. The van der Waals surface area contributed by atoms with E-state index >= 15 is 0 Å². The lowest BCUT2D eigenvalue weighted by atomic mass is 10.1. The molecule has 0 saturated carbocycles. The summed E-state index contributed by atoms with van der Waals surface area (Å²) < 4.78 is 21.6. The molecule has 0 fully saturated rings. The summed E-state index contributed by atoms with van der Waals surface area (Å²) in [5.41, 5.74) is -1.06. The van der Waals surface area contributed by atoms with Crippen molar-refractivity contribution in [2.45, 2.75) is 57.5 Å². The van der Waals surface area contributed by atoms with E-state index in [0.717, 1.165) is 19.3 Å². The van der Waals surface area contributed by atoms with Crippen LogP contribution in [-0.2, 0) is 18.4 Å². The first-order valence-corrected chi connectivity index (χ1v) is 8.07. The van der Waals surface area contributed by atoms with E-state index in [0.29, 0.717) is 6.42 Å². The fourth-order valence-corrected chi connectivity index (χ4v) is 3.29. The summed E-state index contributed by atoms with van der Waals surface area (Å²) >= 11 is 0. The van der Waals surface area contributed by atoms with Crippen molar-refractivity contribution < 1.29 is 23.5 Å². The van der Waals surface area contributed by atoms with Crippen molar-refractivity contribution in [3.05, 3.63) is 0 Å². The van der Waals surface area contributed by atoms with E-state index in [4.69, 9.17) is 14.2 Å². The molecule has 1 unspecified atom stereocenters. The van der Waals surface area contributed by atoms with Gasteiger partial charge in [0.05, 0.1) is 0 Å². The first-order valence-electron chi connectivity index (χ1n) is 6.45. The fraction of sp³-hybridized carbons (Fsp3) is 0.917. The third-order valence-electron chi connectivity index (χ3n) is 3.01. The number of unbranched alkanes of at least 4 members (excludes halogenated alkanes) is 5. The average Bonchev–Trinajstić information content (AvgIpc) is 2.36. The van der Waals surface area contributed by atoms with Crippen LogP contribution in [0.15, 0.2) is 0 Å². The van der Waals surface area contributed by atoms with Crippen LogP contribution in [0.5, 0.6) is 0 Å². The second-order valence-corrected chi connectivity index (χ2v) is 6.75. The first-order chi connectivity index (χ1) is 8.51. The number of carboxylic acid groups (broad SMARTS) is 1. The van der Waals surface area contributed by atoms with Crippen molar-refractivity contribution in [1.29, 1.82) is 0 Å². The van der Waals surface area contributed by atoms with Gasteiger partial charge in [-0.1, -0.05) is 45.4 Å². The predicted octanol–water partition coefficient (Wildman–Crippen LogP) is 3.68. The van der Waals surface area contributed by atoms with Gasteiger partial charge >= 0.3 is 13.6 Å². The molecular weight excluding hydrogens is 255 g/mol. The second-order valence-electron chi connectivity index (χ2n) is 4.32. The quantitative estimate of drug-likeness (QED) is 0.461. The van der Waals surface area contributed by atoms with Crippen molar-refractivity contribution >= 4 is 13.6 Å². The zero-order chi connectivity index (χ0) is 14.0. The fourth-order valence-electron chi connectivity index (χ4n) is 1.86. The van der Waals surface area contributed by atoms with Crippen LogP contribution in [0.1, 0.15) is 51.9 Å². The normalized spacial score (nSPS) is 13.5. The van der Waals surface area contributed by atoms with Crippen LogP contribution in [0.3, 0.4) is 0 Å². The molecule has 0 saturated heterocycles. The second kappa shape index (κ2) is 9.54. The Labute approximate surface area is 109 Å². The van der Waals surface area contributed by atoms with E-state index < -0.39 is 19.2 Å².